The highest BCUT2D eigenvalue weighted by molar-refractivity contribution is 5.09. The zero-order valence-electron chi connectivity index (χ0n) is 10.3. The van der Waals surface area contributed by atoms with Gasteiger partial charge >= 0.3 is 0 Å². The first-order valence-corrected chi connectivity index (χ1v) is 6.61. The van der Waals surface area contributed by atoms with E-state index in [2.05, 4.69) is 20.8 Å². The first-order chi connectivity index (χ1) is 6.88. The van der Waals surface area contributed by atoms with Gasteiger partial charge in [-0.2, -0.15) is 0 Å². The maximum absolute atomic E-state index is 10.9. The lowest BCUT2D eigenvalue weighted by molar-refractivity contribution is -0.200. The van der Waals surface area contributed by atoms with E-state index in [0.29, 0.717) is 5.92 Å². The summed E-state index contributed by atoms with van der Waals surface area (Å²) in [5, 5.41) is 10.9. The van der Waals surface area contributed by atoms with Gasteiger partial charge in [0.1, 0.15) is 0 Å². The summed E-state index contributed by atoms with van der Waals surface area (Å²) >= 11 is 0. The van der Waals surface area contributed by atoms with E-state index < -0.39 is 0 Å². The van der Waals surface area contributed by atoms with Crippen molar-refractivity contribution in [2.24, 2.45) is 29.1 Å². The Morgan fingerprint density at radius 2 is 1.53 bits per heavy atom. The molecule has 4 aliphatic rings. The van der Waals surface area contributed by atoms with Crippen molar-refractivity contribution < 1.29 is 5.11 Å². The highest BCUT2D eigenvalue weighted by Gasteiger charge is 2.59. The smallest absolute Gasteiger partial charge is 0.0688 e. The third-order valence-corrected chi connectivity index (χ3v) is 5.21. The fourth-order valence-corrected chi connectivity index (χ4v) is 5.51. The summed E-state index contributed by atoms with van der Waals surface area (Å²) in [6.45, 7) is 6.95. The monoisotopic (exact) mass is 208 g/mol. The van der Waals surface area contributed by atoms with Crippen molar-refractivity contribution in [1.82, 2.24) is 0 Å². The Labute approximate surface area is 93.3 Å². The van der Waals surface area contributed by atoms with Crippen LogP contribution in [0.1, 0.15) is 52.9 Å². The molecule has 0 aromatic heterocycles. The van der Waals surface area contributed by atoms with Crippen LogP contribution in [-0.4, -0.2) is 10.7 Å². The van der Waals surface area contributed by atoms with Gasteiger partial charge in [0.05, 0.1) is 5.60 Å². The van der Waals surface area contributed by atoms with Crippen molar-refractivity contribution in [3.8, 4) is 0 Å². The Bertz CT molecular complexity index is 262. The van der Waals surface area contributed by atoms with E-state index in [1.165, 1.54) is 19.3 Å². The Kier molecular flexibility index (Phi) is 1.89. The molecule has 4 aliphatic carbocycles. The molecule has 4 bridgehead atoms. The summed E-state index contributed by atoms with van der Waals surface area (Å²) in [6.07, 6.45) is 6.42. The van der Waals surface area contributed by atoms with Gasteiger partial charge in [0.2, 0.25) is 0 Å². The summed E-state index contributed by atoms with van der Waals surface area (Å²) in [5.41, 5.74) is -0.0142. The molecule has 4 fully saturated rings. The van der Waals surface area contributed by atoms with Crippen LogP contribution in [0.15, 0.2) is 0 Å². The fourth-order valence-electron chi connectivity index (χ4n) is 5.51. The molecule has 0 saturated heterocycles. The Balaban J connectivity index is 1.96. The quantitative estimate of drug-likeness (QED) is 0.648. The highest BCUT2D eigenvalue weighted by atomic mass is 16.3. The van der Waals surface area contributed by atoms with Crippen LogP contribution in [0.4, 0.5) is 0 Å². The minimum Gasteiger partial charge on any atom is -0.390 e. The molecular weight excluding hydrogens is 184 g/mol. The van der Waals surface area contributed by atoms with Crippen molar-refractivity contribution in [1.29, 1.82) is 0 Å². The second kappa shape index (κ2) is 2.80. The molecule has 0 spiro atoms. The van der Waals surface area contributed by atoms with E-state index in [-0.39, 0.29) is 11.0 Å². The van der Waals surface area contributed by atoms with Crippen molar-refractivity contribution >= 4 is 0 Å². The second-order valence-corrected chi connectivity index (χ2v) is 7.55. The minimum absolute atomic E-state index is 0.284. The Hall–Kier alpha value is -0.0400. The van der Waals surface area contributed by atoms with Crippen molar-refractivity contribution in [3.63, 3.8) is 0 Å². The number of hydrogen-bond acceptors (Lipinski definition) is 1. The molecule has 1 nitrogen and oxygen atoms in total. The predicted octanol–water partition coefficient (Wildman–Crippen LogP) is 3.22. The summed E-state index contributed by atoms with van der Waals surface area (Å²) in [7, 11) is 0. The van der Waals surface area contributed by atoms with Gasteiger partial charge in [-0.15, -0.1) is 0 Å². The van der Waals surface area contributed by atoms with Gasteiger partial charge in [0.15, 0.2) is 0 Å². The predicted molar refractivity (Wildman–Crippen MR) is 61.4 cm³/mol. The van der Waals surface area contributed by atoms with Gasteiger partial charge in [0, 0.05) is 0 Å². The van der Waals surface area contributed by atoms with Gasteiger partial charge in [-0.1, -0.05) is 20.8 Å². The molecule has 4 unspecified atom stereocenters. The average Bonchev–Trinajstić information content (AvgIpc) is 1.94. The summed E-state index contributed by atoms with van der Waals surface area (Å²) in [4.78, 5) is 0. The number of aliphatic hydroxyl groups is 1. The van der Waals surface area contributed by atoms with E-state index in [9.17, 15) is 5.11 Å². The number of hydrogen-bond donors (Lipinski definition) is 1. The maximum atomic E-state index is 10.9. The molecule has 0 aromatic rings. The molecule has 86 valence electrons. The molecule has 5 atom stereocenters. The van der Waals surface area contributed by atoms with E-state index in [4.69, 9.17) is 0 Å². The van der Waals surface area contributed by atoms with Gasteiger partial charge in [0.25, 0.3) is 0 Å². The highest BCUT2D eigenvalue weighted by Crippen LogP contribution is 2.62. The van der Waals surface area contributed by atoms with Gasteiger partial charge in [-0.25, -0.2) is 0 Å². The largest absolute Gasteiger partial charge is 0.390 e. The molecule has 0 heterocycles. The lowest BCUT2D eigenvalue weighted by Crippen LogP contribution is -2.60. The zero-order chi connectivity index (χ0) is 10.8. The van der Waals surface area contributed by atoms with Gasteiger partial charge in [-0.3, -0.25) is 0 Å². The van der Waals surface area contributed by atoms with Crippen molar-refractivity contribution in [2.75, 3.05) is 0 Å². The lowest BCUT2D eigenvalue weighted by Gasteiger charge is -2.62. The van der Waals surface area contributed by atoms with Crippen LogP contribution in [-0.2, 0) is 0 Å². The SMILES string of the molecule is CC(C)(C)C1C2CC3C[C@H](C2)CC1(O)C3. The van der Waals surface area contributed by atoms with E-state index in [0.717, 1.165) is 30.6 Å². The molecule has 0 aliphatic heterocycles. The maximum Gasteiger partial charge on any atom is 0.0688 e. The Morgan fingerprint density at radius 3 is 1.93 bits per heavy atom. The van der Waals surface area contributed by atoms with Crippen LogP contribution in [0, 0.1) is 29.1 Å². The summed E-state index contributed by atoms with van der Waals surface area (Å²) in [5.74, 6) is 3.08. The van der Waals surface area contributed by atoms with Crippen LogP contribution in [0.2, 0.25) is 0 Å². The van der Waals surface area contributed by atoms with Crippen LogP contribution >= 0.6 is 0 Å². The Morgan fingerprint density at radius 1 is 1.00 bits per heavy atom. The van der Waals surface area contributed by atoms with Crippen molar-refractivity contribution in [3.05, 3.63) is 0 Å². The molecular formula is C14H24O. The average molecular weight is 208 g/mol. The van der Waals surface area contributed by atoms with Crippen molar-refractivity contribution in [2.45, 2.75) is 58.5 Å². The molecule has 15 heavy (non-hydrogen) atoms. The molecule has 1 N–H and O–H groups in total. The summed E-state index contributed by atoms with van der Waals surface area (Å²) < 4.78 is 0. The fraction of sp³-hybridized carbons (Fsp3) is 1.00. The van der Waals surface area contributed by atoms with Crippen LogP contribution in [0.5, 0.6) is 0 Å². The van der Waals surface area contributed by atoms with E-state index in [1.54, 1.807) is 0 Å². The first-order valence-electron chi connectivity index (χ1n) is 6.61. The molecule has 1 heteroatoms. The van der Waals surface area contributed by atoms with Crippen LogP contribution in [0.25, 0.3) is 0 Å². The van der Waals surface area contributed by atoms with E-state index >= 15 is 0 Å². The topological polar surface area (TPSA) is 20.2 Å². The third kappa shape index (κ3) is 1.39. The molecule has 4 saturated carbocycles. The lowest BCUT2D eigenvalue weighted by atomic mass is 9.45. The van der Waals surface area contributed by atoms with E-state index in [1.807, 2.05) is 0 Å². The van der Waals surface area contributed by atoms with Crippen LogP contribution in [0.3, 0.4) is 0 Å². The minimum atomic E-state index is -0.299. The first kappa shape index (κ1) is 10.1. The normalized spacial score (nSPS) is 53.6. The second-order valence-electron chi connectivity index (χ2n) is 7.55. The molecule has 0 amide bonds. The standard InChI is InChI=1S/C14H24O/c1-13(2,3)12-11-5-9-4-10(6-11)8-14(12,15)7-9/h9-12,15H,4-8H2,1-3H3/t9-,10?,11?,12?,14?/m1/s1. The molecule has 4 rings (SSSR count). The molecule has 0 aromatic carbocycles. The van der Waals surface area contributed by atoms with Gasteiger partial charge in [-0.05, 0) is 61.2 Å². The van der Waals surface area contributed by atoms with Gasteiger partial charge < -0.3 is 5.11 Å². The third-order valence-electron chi connectivity index (χ3n) is 5.21. The zero-order valence-corrected chi connectivity index (χ0v) is 10.3. The molecule has 0 radical (unpaired) electrons. The number of rotatable bonds is 0. The van der Waals surface area contributed by atoms with Crippen LogP contribution < -0.4 is 0 Å². The summed E-state index contributed by atoms with van der Waals surface area (Å²) in [6, 6.07) is 0.